The molecule has 0 bridgehead atoms. The minimum Gasteiger partial charge on any atom is -0.388 e. The number of nitrogens with zero attached hydrogens (tertiary/aromatic N) is 1. The highest BCUT2D eigenvalue weighted by molar-refractivity contribution is 5.82. The topological polar surface area (TPSA) is 33.1 Å². The monoisotopic (exact) mass is 255 g/mol. The molecular weight excluding hydrogens is 234 g/mol. The lowest BCUT2D eigenvalue weighted by molar-refractivity contribution is 0.0860. The molecule has 1 aliphatic rings. The molecule has 1 fully saturated rings. The van der Waals surface area contributed by atoms with Crippen LogP contribution in [0.25, 0.3) is 10.9 Å². The van der Waals surface area contributed by atoms with Crippen molar-refractivity contribution in [3.63, 3.8) is 0 Å². The Labute approximate surface area is 114 Å². The molecule has 100 valence electrons. The molecule has 1 N–H and O–H groups in total. The smallest absolute Gasteiger partial charge is 0.0825 e. The minimum absolute atomic E-state index is 0.341. The first-order valence-corrected chi connectivity index (χ1v) is 7.30. The summed E-state index contributed by atoms with van der Waals surface area (Å²) in [5.74, 6) is 0.416. The first-order valence-electron chi connectivity index (χ1n) is 7.30. The molecular formula is C17H21NO. The Balaban J connectivity index is 2.03. The predicted octanol–water partition coefficient (Wildman–Crippen LogP) is 4.16. The molecule has 19 heavy (non-hydrogen) atoms. The van der Waals surface area contributed by atoms with E-state index in [2.05, 4.69) is 17.1 Å². The fourth-order valence-electron chi connectivity index (χ4n) is 3.29. The zero-order valence-electron chi connectivity index (χ0n) is 11.5. The fraction of sp³-hybridized carbons (Fsp3) is 0.471. The Morgan fingerprint density at radius 2 is 1.89 bits per heavy atom. The number of para-hydroxylation sites is 1. The predicted molar refractivity (Wildman–Crippen MR) is 78.0 cm³/mol. The van der Waals surface area contributed by atoms with Gasteiger partial charge in [0, 0.05) is 11.1 Å². The molecule has 0 amide bonds. The second kappa shape index (κ2) is 5.30. The number of aliphatic hydroxyl groups is 1. The van der Waals surface area contributed by atoms with Crippen LogP contribution in [0.4, 0.5) is 0 Å². The highest BCUT2D eigenvalue weighted by Gasteiger charge is 2.24. The summed E-state index contributed by atoms with van der Waals surface area (Å²) < 4.78 is 0. The molecule has 1 aromatic heterocycles. The van der Waals surface area contributed by atoms with Crippen LogP contribution in [-0.2, 0) is 0 Å². The molecule has 0 aliphatic heterocycles. The summed E-state index contributed by atoms with van der Waals surface area (Å²) in [7, 11) is 0. The zero-order valence-corrected chi connectivity index (χ0v) is 11.5. The van der Waals surface area contributed by atoms with Gasteiger partial charge in [0.05, 0.1) is 11.6 Å². The summed E-state index contributed by atoms with van der Waals surface area (Å²) in [5, 5.41) is 11.8. The normalized spacial score (nSPS) is 18.6. The Kier molecular flexibility index (Phi) is 3.52. The highest BCUT2D eigenvalue weighted by atomic mass is 16.3. The summed E-state index contributed by atoms with van der Waals surface area (Å²) in [6.07, 6.45) is 5.78. The zero-order chi connectivity index (χ0) is 13.2. The quantitative estimate of drug-likeness (QED) is 0.874. The number of fused-ring (bicyclic) bond motifs is 1. The van der Waals surface area contributed by atoms with Crippen molar-refractivity contribution >= 4 is 10.9 Å². The second-order valence-electron chi connectivity index (χ2n) is 5.71. The van der Waals surface area contributed by atoms with Crippen LogP contribution in [0.15, 0.2) is 30.3 Å². The first kappa shape index (κ1) is 12.6. The Bertz CT molecular complexity index is 572. The summed E-state index contributed by atoms with van der Waals surface area (Å²) in [4.78, 5) is 4.55. The van der Waals surface area contributed by atoms with Crippen LogP contribution in [0.5, 0.6) is 0 Å². The van der Waals surface area contributed by atoms with E-state index < -0.39 is 0 Å². The average Bonchev–Trinajstić information content (AvgIpc) is 2.46. The van der Waals surface area contributed by atoms with Crippen molar-refractivity contribution in [2.45, 2.75) is 45.1 Å². The lowest BCUT2D eigenvalue weighted by atomic mass is 9.82. The van der Waals surface area contributed by atoms with E-state index in [4.69, 9.17) is 0 Å². The molecule has 2 nitrogen and oxygen atoms in total. The van der Waals surface area contributed by atoms with E-state index in [9.17, 15) is 5.11 Å². The van der Waals surface area contributed by atoms with Crippen LogP contribution in [-0.4, -0.2) is 10.1 Å². The highest BCUT2D eigenvalue weighted by Crippen LogP contribution is 2.36. The van der Waals surface area contributed by atoms with Crippen molar-refractivity contribution in [3.05, 3.63) is 41.6 Å². The molecule has 0 saturated heterocycles. The lowest BCUT2D eigenvalue weighted by Crippen LogP contribution is -2.16. The van der Waals surface area contributed by atoms with E-state index in [-0.39, 0.29) is 6.10 Å². The van der Waals surface area contributed by atoms with Gasteiger partial charge < -0.3 is 5.11 Å². The van der Waals surface area contributed by atoms with Crippen LogP contribution >= 0.6 is 0 Å². The van der Waals surface area contributed by atoms with Gasteiger partial charge in [0.25, 0.3) is 0 Å². The Morgan fingerprint density at radius 1 is 1.16 bits per heavy atom. The van der Waals surface area contributed by atoms with Gasteiger partial charge in [-0.05, 0) is 43.4 Å². The van der Waals surface area contributed by atoms with Gasteiger partial charge in [0.1, 0.15) is 0 Å². The van der Waals surface area contributed by atoms with Crippen LogP contribution in [0.1, 0.15) is 49.5 Å². The molecule has 0 spiro atoms. The van der Waals surface area contributed by atoms with E-state index in [1.54, 1.807) is 0 Å². The molecule has 1 heterocycles. The van der Waals surface area contributed by atoms with Crippen molar-refractivity contribution < 1.29 is 5.11 Å². The lowest BCUT2D eigenvalue weighted by Gasteiger charge is -2.27. The maximum Gasteiger partial charge on any atom is 0.0825 e. The molecule has 1 aliphatic carbocycles. The second-order valence-corrected chi connectivity index (χ2v) is 5.71. The molecule has 2 aromatic rings. The van der Waals surface area contributed by atoms with E-state index in [0.717, 1.165) is 35.0 Å². The van der Waals surface area contributed by atoms with Crippen molar-refractivity contribution in [3.8, 4) is 0 Å². The number of pyridine rings is 1. The van der Waals surface area contributed by atoms with Crippen LogP contribution in [0.2, 0.25) is 0 Å². The van der Waals surface area contributed by atoms with Gasteiger partial charge >= 0.3 is 0 Å². The molecule has 1 unspecified atom stereocenters. The van der Waals surface area contributed by atoms with E-state index in [0.29, 0.717) is 5.92 Å². The summed E-state index contributed by atoms with van der Waals surface area (Å²) in [5.41, 5.74) is 3.05. The van der Waals surface area contributed by atoms with Crippen molar-refractivity contribution in [1.82, 2.24) is 4.98 Å². The van der Waals surface area contributed by atoms with Gasteiger partial charge in [-0.2, -0.15) is 0 Å². The standard InChI is InChI=1S/C17H21NO/c1-12-11-15(14-9-5-6-10-16(14)18-12)17(19)13-7-3-2-4-8-13/h5-6,9-11,13,17,19H,2-4,7-8H2,1H3. The van der Waals surface area contributed by atoms with Gasteiger partial charge in [-0.3, -0.25) is 4.98 Å². The van der Waals surface area contributed by atoms with Crippen LogP contribution < -0.4 is 0 Å². The van der Waals surface area contributed by atoms with Crippen LogP contribution in [0, 0.1) is 12.8 Å². The summed E-state index contributed by atoms with van der Waals surface area (Å²) in [6.45, 7) is 2.00. The van der Waals surface area contributed by atoms with Crippen molar-refractivity contribution in [2.24, 2.45) is 5.92 Å². The first-order chi connectivity index (χ1) is 9.25. The Hall–Kier alpha value is -1.41. The third-order valence-electron chi connectivity index (χ3n) is 4.29. The number of hydrogen-bond donors (Lipinski definition) is 1. The number of benzene rings is 1. The molecule has 0 radical (unpaired) electrons. The largest absolute Gasteiger partial charge is 0.388 e. The van der Waals surface area contributed by atoms with E-state index in [1.165, 1.54) is 19.3 Å². The molecule has 1 atom stereocenters. The number of rotatable bonds is 2. The van der Waals surface area contributed by atoms with Gasteiger partial charge in [0.15, 0.2) is 0 Å². The molecule has 1 aromatic carbocycles. The number of aliphatic hydroxyl groups excluding tert-OH is 1. The molecule has 2 heteroatoms. The van der Waals surface area contributed by atoms with Gasteiger partial charge in [-0.25, -0.2) is 0 Å². The maximum atomic E-state index is 10.7. The number of aromatic nitrogens is 1. The Morgan fingerprint density at radius 3 is 2.68 bits per heavy atom. The van der Waals surface area contributed by atoms with Crippen molar-refractivity contribution in [1.29, 1.82) is 0 Å². The number of hydrogen-bond acceptors (Lipinski definition) is 2. The summed E-state index contributed by atoms with van der Waals surface area (Å²) in [6, 6.07) is 10.2. The SMILES string of the molecule is Cc1cc(C(O)C2CCCCC2)c2ccccc2n1. The molecule has 3 rings (SSSR count). The third-order valence-corrected chi connectivity index (χ3v) is 4.29. The fourth-order valence-corrected chi connectivity index (χ4v) is 3.29. The van der Waals surface area contributed by atoms with Gasteiger partial charge in [-0.15, -0.1) is 0 Å². The summed E-state index contributed by atoms with van der Waals surface area (Å²) >= 11 is 0. The average molecular weight is 255 g/mol. The maximum absolute atomic E-state index is 10.7. The van der Waals surface area contributed by atoms with E-state index in [1.807, 2.05) is 25.1 Å². The van der Waals surface area contributed by atoms with Crippen LogP contribution in [0.3, 0.4) is 0 Å². The van der Waals surface area contributed by atoms with Gasteiger partial charge in [0.2, 0.25) is 0 Å². The van der Waals surface area contributed by atoms with Gasteiger partial charge in [-0.1, -0.05) is 37.5 Å². The van der Waals surface area contributed by atoms with Crippen molar-refractivity contribution in [2.75, 3.05) is 0 Å². The third kappa shape index (κ3) is 2.50. The van der Waals surface area contributed by atoms with E-state index >= 15 is 0 Å². The number of aryl methyl sites for hydroxylation is 1. The molecule has 1 saturated carbocycles. The minimum atomic E-state index is -0.341.